The first-order chi connectivity index (χ1) is 16.0. The van der Waals surface area contributed by atoms with E-state index in [2.05, 4.69) is 18.2 Å². The Bertz CT molecular complexity index is 1050. The molecule has 190 valence electrons. The van der Waals surface area contributed by atoms with Gasteiger partial charge in [0.05, 0.1) is 19.8 Å². The van der Waals surface area contributed by atoms with Crippen LogP contribution in [-0.4, -0.2) is 73.5 Å². The van der Waals surface area contributed by atoms with Crippen molar-refractivity contribution in [2.45, 2.75) is 80.4 Å². The molecule has 3 N–H and O–H groups in total. The van der Waals surface area contributed by atoms with Crippen molar-refractivity contribution in [1.29, 1.82) is 0 Å². The van der Waals surface area contributed by atoms with Gasteiger partial charge in [0.15, 0.2) is 5.75 Å². The van der Waals surface area contributed by atoms with Gasteiger partial charge in [0, 0.05) is 0 Å². The third-order valence-corrected chi connectivity index (χ3v) is 11.6. The summed E-state index contributed by atoms with van der Waals surface area (Å²) >= 11 is 0. The molecule has 6 nitrogen and oxygen atoms in total. The van der Waals surface area contributed by atoms with Crippen molar-refractivity contribution >= 4 is 52.9 Å². The molecule has 4 rings (SSSR count). The Hall–Kier alpha value is -0.660. The van der Waals surface area contributed by atoms with Crippen molar-refractivity contribution in [2.24, 2.45) is 0 Å². The zero-order chi connectivity index (χ0) is 23.4. The molecule has 2 fully saturated rings. The number of hydrogen-bond donors (Lipinski definition) is 1. The summed E-state index contributed by atoms with van der Waals surface area (Å²) in [4.78, 5) is -0.227. The summed E-state index contributed by atoms with van der Waals surface area (Å²) < 4.78 is 45.5. The minimum absolute atomic E-state index is 0. The van der Waals surface area contributed by atoms with E-state index in [1.807, 2.05) is 6.07 Å². The van der Waals surface area contributed by atoms with Gasteiger partial charge in [-0.05, 0) is 60.0 Å². The number of methoxy groups -OCH3 is 2. The van der Waals surface area contributed by atoms with Crippen molar-refractivity contribution < 1.29 is 27.9 Å². The van der Waals surface area contributed by atoms with Gasteiger partial charge in [-0.3, -0.25) is 4.55 Å². The molecular weight excluding hydrogens is 494 g/mol. The first kappa shape index (κ1) is 30.6. The van der Waals surface area contributed by atoms with Gasteiger partial charge in [0.2, 0.25) is 0 Å². The molecule has 2 saturated carbocycles. The molecule has 0 amide bonds. The molecule has 0 radical (unpaired) electrons. The summed E-state index contributed by atoms with van der Waals surface area (Å²) in [6.07, 6.45) is 12.9. The Kier molecular flexibility index (Phi) is 12.0. The fraction of sp³-hybridized carbons (Fsp3) is 0.538. The fourth-order valence-corrected chi connectivity index (χ4v) is 10.3. The van der Waals surface area contributed by atoms with Crippen LogP contribution in [0.15, 0.2) is 41.3 Å². The van der Waals surface area contributed by atoms with E-state index < -0.39 is 18.0 Å². The molecule has 2 aromatic carbocycles. The van der Waals surface area contributed by atoms with Crippen molar-refractivity contribution in [3.8, 4) is 22.6 Å². The number of hydrogen-bond acceptors (Lipinski definition) is 4. The molecule has 0 saturated heterocycles. The molecule has 0 aliphatic heterocycles. The van der Waals surface area contributed by atoms with Gasteiger partial charge >= 0.3 is 29.6 Å². The van der Waals surface area contributed by atoms with E-state index >= 15 is 0 Å². The maximum absolute atomic E-state index is 12.1. The minimum atomic E-state index is -4.45. The van der Waals surface area contributed by atoms with Crippen LogP contribution < -0.4 is 14.8 Å². The SMILES string of the molecule is COc1ccc(S(=O)(=O)O)c(OC)c1-c1ccccc1P(C1CCCCC1)C1CCCCC1.O.[NaH]. The van der Waals surface area contributed by atoms with Crippen LogP contribution in [0.4, 0.5) is 0 Å². The predicted octanol–water partition coefficient (Wildman–Crippen LogP) is 4.92. The summed E-state index contributed by atoms with van der Waals surface area (Å²) in [6.45, 7) is 0. The van der Waals surface area contributed by atoms with E-state index in [1.165, 1.54) is 82.7 Å². The fourth-order valence-electron chi connectivity index (χ4n) is 5.70. The van der Waals surface area contributed by atoms with Crippen LogP contribution in [0.25, 0.3) is 11.1 Å². The van der Waals surface area contributed by atoms with Crippen LogP contribution in [0.5, 0.6) is 11.5 Å². The van der Waals surface area contributed by atoms with Crippen molar-refractivity contribution in [1.82, 2.24) is 0 Å². The predicted molar refractivity (Wildman–Crippen MR) is 146 cm³/mol. The summed E-state index contributed by atoms with van der Waals surface area (Å²) in [5.41, 5.74) is 2.98. The quantitative estimate of drug-likeness (QED) is 0.310. The van der Waals surface area contributed by atoms with Crippen LogP contribution in [0.2, 0.25) is 0 Å². The molecule has 0 aromatic heterocycles. The average molecular weight is 533 g/mol. The van der Waals surface area contributed by atoms with Crippen molar-refractivity contribution in [2.75, 3.05) is 14.2 Å². The molecule has 0 bridgehead atoms. The number of benzene rings is 2. The summed E-state index contributed by atoms with van der Waals surface area (Å²) in [6, 6.07) is 11.4. The molecule has 2 aliphatic rings. The molecule has 0 unspecified atom stereocenters. The molecular formula is C26H38NaO6PS. The number of rotatable bonds is 7. The zero-order valence-corrected chi connectivity index (χ0v) is 21.8. The van der Waals surface area contributed by atoms with E-state index in [-0.39, 0.29) is 45.7 Å². The molecule has 35 heavy (non-hydrogen) atoms. The van der Waals surface area contributed by atoms with Crippen LogP contribution in [0.3, 0.4) is 0 Å². The molecule has 2 aromatic rings. The Morgan fingerprint density at radius 1 is 0.829 bits per heavy atom. The molecule has 9 heteroatoms. The van der Waals surface area contributed by atoms with Gasteiger partial charge in [0.25, 0.3) is 10.1 Å². The van der Waals surface area contributed by atoms with E-state index in [9.17, 15) is 13.0 Å². The second-order valence-electron chi connectivity index (χ2n) is 9.16. The standard InChI is InChI=1S/C26H35O5PS.Na.H2O.H/c1-30-22-17-18-24(33(27,28)29)26(31-2)25(22)21-15-9-10-16-23(21)32(19-11-5-3-6-12-19)20-13-7-4-8-14-20;;;/h9-10,15-20H,3-8,11-14H2,1-2H3,(H,27,28,29);;1H2;. The monoisotopic (exact) mass is 532 g/mol. The molecule has 2 aliphatic carbocycles. The van der Waals surface area contributed by atoms with Crippen molar-refractivity contribution in [3.05, 3.63) is 36.4 Å². The van der Waals surface area contributed by atoms with Gasteiger partial charge in [-0.15, -0.1) is 0 Å². The zero-order valence-electron chi connectivity index (χ0n) is 20.1. The van der Waals surface area contributed by atoms with Gasteiger partial charge in [0.1, 0.15) is 10.6 Å². The Balaban J connectivity index is 0.00000216. The van der Waals surface area contributed by atoms with Crippen LogP contribution >= 0.6 is 7.92 Å². The van der Waals surface area contributed by atoms with E-state index in [4.69, 9.17) is 9.47 Å². The third-order valence-electron chi connectivity index (χ3n) is 7.17. The van der Waals surface area contributed by atoms with Gasteiger partial charge < -0.3 is 14.9 Å². The van der Waals surface area contributed by atoms with Crippen LogP contribution in [0, 0.1) is 0 Å². The summed E-state index contributed by atoms with van der Waals surface area (Å²) in [5.74, 6) is 0.695. The third kappa shape index (κ3) is 6.81. The molecule has 0 spiro atoms. The average Bonchev–Trinajstić information content (AvgIpc) is 2.84. The second-order valence-corrected chi connectivity index (χ2v) is 13.3. The van der Waals surface area contributed by atoms with Gasteiger partial charge in [-0.1, -0.05) is 70.7 Å². The topological polar surface area (TPSA) is 104 Å². The Labute approximate surface area is 233 Å². The molecule has 0 heterocycles. The first-order valence-corrected chi connectivity index (χ1v) is 15.0. The normalized spacial score (nSPS) is 17.4. The van der Waals surface area contributed by atoms with Crippen LogP contribution in [-0.2, 0) is 10.1 Å². The van der Waals surface area contributed by atoms with Gasteiger partial charge in [-0.25, -0.2) is 0 Å². The van der Waals surface area contributed by atoms with Gasteiger partial charge in [-0.2, -0.15) is 8.42 Å². The van der Waals surface area contributed by atoms with Crippen LogP contribution in [0.1, 0.15) is 64.2 Å². The van der Waals surface area contributed by atoms with E-state index in [1.54, 1.807) is 13.2 Å². The van der Waals surface area contributed by atoms with E-state index in [0.29, 0.717) is 22.6 Å². The Morgan fingerprint density at radius 2 is 1.37 bits per heavy atom. The molecule has 0 atom stereocenters. The van der Waals surface area contributed by atoms with Crippen molar-refractivity contribution in [3.63, 3.8) is 0 Å². The Morgan fingerprint density at radius 3 is 1.86 bits per heavy atom. The number of ether oxygens (including phenoxy) is 2. The summed E-state index contributed by atoms with van der Waals surface area (Å²) in [5, 5.41) is 1.32. The second kappa shape index (κ2) is 13.8. The summed E-state index contributed by atoms with van der Waals surface area (Å²) in [7, 11) is -1.85. The maximum atomic E-state index is 12.1. The van der Waals surface area contributed by atoms with E-state index in [0.717, 1.165) is 5.56 Å². The first-order valence-electron chi connectivity index (χ1n) is 12.1.